The summed E-state index contributed by atoms with van der Waals surface area (Å²) >= 11 is 1.35. The summed E-state index contributed by atoms with van der Waals surface area (Å²) in [5, 5.41) is 9.10. The minimum Gasteiger partial charge on any atom is -0.495 e. The van der Waals surface area contributed by atoms with Gasteiger partial charge < -0.3 is 9.15 Å². The largest absolute Gasteiger partial charge is 0.495 e. The second-order valence-corrected chi connectivity index (χ2v) is 6.77. The smallest absolute Gasteiger partial charge is 0.205 e. The number of furan rings is 1. The second-order valence-electron chi connectivity index (χ2n) is 5.83. The predicted molar refractivity (Wildman–Crippen MR) is 102 cm³/mol. The number of halogens is 2. The Labute approximate surface area is 164 Å². The highest BCUT2D eigenvalue weighted by Gasteiger charge is 2.20. The normalized spacial score (nSPS) is 11.0. The van der Waals surface area contributed by atoms with Gasteiger partial charge >= 0.3 is 0 Å². The Hall–Kier alpha value is -3.13. The van der Waals surface area contributed by atoms with Crippen molar-refractivity contribution in [1.82, 2.24) is 14.8 Å². The van der Waals surface area contributed by atoms with E-state index in [0.717, 1.165) is 11.8 Å². The van der Waals surface area contributed by atoms with Crippen molar-refractivity contribution >= 4 is 11.8 Å². The molecule has 28 heavy (non-hydrogen) atoms. The van der Waals surface area contributed by atoms with Crippen molar-refractivity contribution in [3.63, 3.8) is 0 Å². The fourth-order valence-corrected chi connectivity index (χ4v) is 3.63. The summed E-state index contributed by atoms with van der Waals surface area (Å²) in [5.74, 6) is 0.361. The van der Waals surface area contributed by atoms with Crippen molar-refractivity contribution in [3.05, 3.63) is 78.1 Å². The lowest BCUT2D eigenvalue weighted by Crippen LogP contribution is -2.02. The number of nitrogens with zero attached hydrogens (tertiary/aromatic N) is 3. The molecule has 0 spiro atoms. The van der Waals surface area contributed by atoms with Crippen LogP contribution >= 0.6 is 11.8 Å². The van der Waals surface area contributed by atoms with Gasteiger partial charge in [0.05, 0.1) is 19.1 Å². The number of benzene rings is 2. The summed E-state index contributed by atoms with van der Waals surface area (Å²) < 4.78 is 39.4. The zero-order valence-corrected chi connectivity index (χ0v) is 15.6. The first-order valence-electron chi connectivity index (χ1n) is 8.37. The summed E-state index contributed by atoms with van der Waals surface area (Å²) in [4.78, 5) is 0. The van der Waals surface area contributed by atoms with Crippen molar-refractivity contribution in [2.45, 2.75) is 10.9 Å². The van der Waals surface area contributed by atoms with E-state index in [1.807, 2.05) is 28.8 Å². The molecule has 0 N–H and O–H groups in total. The Balaban J connectivity index is 1.74. The lowest BCUT2D eigenvalue weighted by molar-refractivity contribution is 0.412. The zero-order valence-electron chi connectivity index (χ0n) is 14.8. The van der Waals surface area contributed by atoms with Gasteiger partial charge in [0.2, 0.25) is 5.82 Å². The maximum Gasteiger partial charge on any atom is 0.205 e. The predicted octanol–water partition coefficient (Wildman–Crippen LogP) is 5.11. The lowest BCUT2D eigenvalue weighted by Gasteiger charge is -2.13. The SMILES string of the molecule is COc1ccccc1-n1c(SCc2ccc(F)c(F)c2)nnc1-c1ccco1. The monoisotopic (exact) mass is 399 g/mol. The van der Waals surface area contributed by atoms with Crippen LogP contribution in [0.15, 0.2) is 70.4 Å². The van der Waals surface area contributed by atoms with Gasteiger partial charge in [-0.15, -0.1) is 10.2 Å². The summed E-state index contributed by atoms with van der Waals surface area (Å²) in [6.07, 6.45) is 1.56. The van der Waals surface area contributed by atoms with Crippen LogP contribution < -0.4 is 4.74 Å². The van der Waals surface area contributed by atoms with Gasteiger partial charge in [-0.2, -0.15) is 0 Å². The van der Waals surface area contributed by atoms with Crippen LogP contribution in [0.1, 0.15) is 5.56 Å². The molecule has 0 atom stereocenters. The van der Waals surface area contributed by atoms with Crippen molar-refractivity contribution in [2.75, 3.05) is 7.11 Å². The lowest BCUT2D eigenvalue weighted by atomic mass is 10.2. The van der Waals surface area contributed by atoms with Crippen molar-refractivity contribution in [1.29, 1.82) is 0 Å². The van der Waals surface area contributed by atoms with E-state index in [4.69, 9.17) is 9.15 Å². The third kappa shape index (κ3) is 3.50. The van der Waals surface area contributed by atoms with Crippen LogP contribution in [0.3, 0.4) is 0 Å². The molecule has 4 aromatic rings. The summed E-state index contributed by atoms with van der Waals surface area (Å²) in [6.45, 7) is 0. The highest BCUT2D eigenvalue weighted by molar-refractivity contribution is 7.98. The van der Waals surface area contributed by atoms with Crippen LogP contribution in [-0.4, -0.2) is 21.9 Å². The van der Waals surface area contributed by atoms with E-state index in [-0.39, 0.29) is 0 Å². The molecule has 2 aromatic heterocycles. The Morgan fingerprint density at radius 1 is 1.04 bits per heavy atom. The summed E-state index contributed by atoms with van der Waals surface area (Å²) in [6, 6.07) is 14.9. The topological polar surface area (TPSA) is 53.1 Å². The van der Waals surface area contributed by atoms with Crippen molar-refractivity contribution < 1.29 is 17.9 Å². The number of thioether (sulfide) groups is 1. The van der Waals surface area contributed by atoms with Crippen LogP contribution in [0, 0.1) is 11.6 Å². The van der Waals surface area contributed by atoms with E-state index < -0.39 is 11.6 Å². The Bertz CT molecular complexity index is 1100. The molecule has 0 fully saturated rings. The van der Waals surface area contributed by atoms with Crippen LogP contribution in [0.4, 0.5) is 8.78 Å². The molecule has 5 nitrogen and oxygen atoms in total. The van der Waals surface area contributed by atoms with Crippen molar-refractivity contribution in [2.24, 2.45) is 0 Å². The highest BCUT2D eigenvalue weighted by Crippen LogP contribution is 2.33. The quantitative estimate of drug-likeness (QED) is 0.422. The molecule has 0 saturated heterocycles. The third-order valence-corrected chi connectivity index (χ3v) is 5.05. The number of hydrogen-bond acceptors (Lipinski definition) is 5. The second kappa shape index (κ2) is 7.85. The van der Waals surface area contributed by atoms with Crippen LogP contribution in [0.5, 0.6) is 5.75 Å². The van der Waals surface area contributed by atoms with Gasteiger partial charge in [-0.3, -0.25) is 4.57 Å². The Morgan fingerprint density at radius 3 is 2.64 bits per heavy atom. The number of rotatable bonds is 6. The Kier molecular flexibility index (Phi) is 5.12. The van der Waals surface area contributed by atoms with Gasteiger partial charge in [0.15, 0.2) is 22.6 Å². The first-order chi connectivity index (χ1) is 13.7. The molecule has 2 aromatic carbocycles. The average Bonchev–Trinajstić information content (AvgIpc) is 3.38. The average molecular weight is 399 g/mol. The van der Waals surface area contributed by atoms with Gasteiger partial charge in [-0.05, 0) is 42.0 Å². The van der Waals surface area contributed by atoms with E-state index in [1.54, 1.807) is 31.6 Å². The third-order valence-electron chi connectivity index (χ3n) is 4.05. The maximum absolute atomic E-state index is 13.5. The molecule has 0 unspecified atom stereocenters. The van der Waals surface area contributed by atoms with Gasteiger partial charge in [0.25, 0.3) is 0 Å². The molecule has 4 rings (SSSR count). The van der Waals surface area contributed by atoms with E-state index in [0.29, 0.717) is 33.8 Å². The summed E-state index contributed by atoms with van der Waals surface area (Å²) in [5.41, 5.74) is 1.38. The van der Waals surface area contributed by atoms with E-state index in [2.05, 4.69) is 10.2 Å². The van der Waals surface area contributed by atoms with Crippen LogP contribution in [0.2, 0.25) is 0 Å². The molecular formula is C20H15F2N3O2S. The first-order valence-corrected chi connectivity index (χ1v) is 9.35. The maximum atomic E-state index is 13.5. The molecule has 2 heterocycles. The van der Waals surface area contributed by atoms with Gasteiger partial charge in [0.1, 0.15) is 5.75 Å². The van der Waals surface area contributed by atoms with Crippen LogP contribution in [0.25, 0.3) is 17.3 Å². The molecule has 8 heteroatoms. The molecule has 0 aliphatic carbocycles. The fourth-order valence-electron chi connectivity index (χ4n) is 2.74. The molecule has 0 aliphatic heterocycles. The first kappa shape index (κ1) is 18.2. The van der Waals surface area contributed by atoms with E-state index in [1.165, 1.54) is 17.8 Å². The van der Waals surface area contributed by atoms with Gasteiger partial charge in [-0.25, -0.2) is 8.78 Å². The summed E-state index contributed by atoms with van der Waals surface area (Å²) in [7, 11) is 1.59. The minimum atomic E-state index is -0.874. The molecule has 142 valence electrons. The molecule has 0 amide bonds. The van der Waals surface area contributed by atoms with Crippen molar-refractivity contribution in [3.8, 4) is 23.0 Å². The number of hydrogen-bond donors (Lipinski definition) is 0. The number of para-hydroxylation sites is 2. The molecular weight excluding hydrogens is 384 g/mol. The van der Waals surface area contributed by atoms with Crippen LogP contribution in [-0.2, 0) is 5.75 Å². The molecule has 0 aliphatic rings. The van der Waals surface area contributed by atoms with Gasteiger partial charge in [-0.1, -0.05) is 30.0 Å². The molecule has 0 radical (unpaired) electrons. The number of methoxy groups -OCH3 is 1. The zero-order chi connectivity index (χ0) is 19.5. The minimum absolute atomic E-state index is 0.392. The molecule has 0 saturated carbocycles. The fraction of sp³-hybridized carbons (Fsp3) is 0.100. The van der Waals surface area contributed by atoms with E-state index in [9.17, 15) is 8.78 Å². The number of ether oxygens (including phenoxy) is 1. The molecule has 0 bridgehead atoms. The van der Waals surface area contributed by atoms with Gasteiger partial charge in [0, 0.05) is 5.75 Å². The Morgan fingerprint density at radius 2 is 1.89 bits per heavy atom. The number of aromatic nitrogens is 3. The van der Waals surface area contributed by atoms with E-state index >= 15 is 0 Å². The highest BCUT2D eigenvalue weighted by atomic mass is 32.2. The standard InChI is InChI=1S/C20H15F2N3O2S/c1-26-17-6-3-2-5-16(17)25-19(18-7-4-10-27-18)23-24-20(25)28-12-13-8-9-14(21)15(22)11-13/h2-11H,12H2,1H3.